The third-order valence-corrected chi connectivity index (χ3v) is 8.72. The van der Waals surface area contributed by atoms with Crippen LogP contribution < -0.4 is 0 Å². The molecule has 0 amide bonds. The molecular formula is C37H33N. The molecule has 1 aromatic heterocycles. The van der Waals surface area contributed by atoms with Gasteiger partial charge in [-0.1, -0.05) is 113 Å². The van der Waals surface area contributed by atoms with E-state index in [1.807, 2.05) is 0 Å². The zero-order valence-electron chi connectivity index (χ0n) is 22.8. The Morgan fingerprint density at radius 3 is 2.16 bits per heavy atom. The van der Waals surface area contributed by atoms with E-state index in [2.05, 4.69) is 142 Å². The maximum atomic E-state index is 2.49. The number of benzene rings is 5. The van der Waals surface area contributed by atoms with E-state index in [9.17, 15) is 0 Å². The van der Waals surface area contributed by atoms with Crippen molar-refractivity contribution in [2.24, 2.45) is 0 Å². The average molecular weight is 492 g/mol. The Kier molecular flexibility index (Phi) is 4.97. The van der Waals surface area contributed by atoms with Gasteiger partial charge in [0.1, 0.15) is 0 Å². The fraction of sp³-hybridized carbons (Fsp3) is 0.189. The summed E-state index contributed by atoms with van der Waals surface area (Å²) in [6, 6.07) is 38.5. The molecule has 6 aromatic rings. The molecule has 0 radical (unpaired) electrons. The highest BCUT2D eigenvalue weighted by Crippen LogP contribution is 2.48. The summed E-state index contributed by atoms with van der Waals surface area (Å²) in [6.45, 7) is 11.5. The van der Waals surface area contributed by atoms with E-state index < -0.39 is 0 Å². The zero-order chi connectivity index (χ0) is 26.2. The fourth-order valence-corrected chi connectivity index (χ4v) is 6.69. The zero-order valence-corrected chi connectivity index (χ0v) is 22.8. The molecule has 5 aromatic carbocycles. The molecule has 2 heterocycles. The Bertz CT molecular complexity index is 1880. The standard InChI is InChI=1S/C37H33N/c1-23(2)30-21-25(17-19-28(30)27-12-7-6-11-24(27)3)26-18-20-34-31(22-26)29-13-10-15-33-36(29)38(34)35-16-9-8-14-32(35)37(33,4)5/h6-23H,1-5H3. The van der Waals surface area contributed by atoms with Crippen LogP contribution in [-0.2, 0) is 5.41 Å². The van der Waals surface area contributed by atoms with E-state index >= 15 is 0 Å². The molecule has 1 aliphatic heterocycles. The first-order chi connectivity index (χ1) is 18.4. The van der Waals surface area contributed by atoms with Crippen LogP contribution in [0.25, 0.3) is 49.7 Å². The van der Waals surface area contributed by atoms with Crippen LogP contribution in [0.5, 0.6) is 0 Å². The molecule has 1 nitrogen and oxygen atoms in total. The number of aryl methyl sites for hydroxylation is 1. The van der Waals surface area contributed by atoms with Crippen molar-refractivity contribution in [2.75, 3.05) is 0 Å². The SMILES string of the molecule is Cc1ccccc1-c1ccc(-c2ccc3c(c2)c2cccc4c2n3-c2ccccc2C4(C)C)cc1C(C)C. The first-order valence-corrected chi connectivity index (χ1v) is 13.7. The van der Waals surface area contributed by atoms with Gasteiger partial charge in [0.2, 0.25) is 0 Å². The molecule has 1 heteroatoms. The first kappa shape index (κ1) is 23.0. The Morgan fingerprint density at radius 2 is 1.34 bits per heavy atom. The molecule has 0 bridgehead atoms. The Hall–Kier alpha value is -4.10. The molecule has 0 saturated carbocycles. The summed E-state index contributed by atoms with van der Waals surface area (Å²) in [5.41, 5.74) is 14.6. The second-order valence-electron chi connectivity index (χ2n) is 11.7. The number of fused-ring (bicyclic) bond motifs is 5. The molecule has 7 rings (SSSR count). The van der Waals surface area contributed by atoms with Crippen molar-refractivity contribution in [3.05, 3.63) is 125 Å². The molecule has 38 heavy (non-hydrogen) atoms. The second kappa shape index (κ2) is 8.20. The van der Waals surface area contributed by atoms with Gasteiger partial charge < -0.3 is 4.57 Å². The summed E-state index contributed by atoms with van der Waals surface area (Å²) >= 11 is 0. The quantitative estimate of drug-likeness (QED) is 0.232. The van der Waals surface area contributed by atoms with Gasteiger partial charge in [0, 0.05) is 16.2 Å². The minimum Gasteiger partial charge on any atom is -0.309 e. The monoisotopic (exact) mass is 491 g/mol. The van der Waals surface area contributed by atoms with Crippen molar-refractivity contribution in [1.29, 1.82) is 0 Å². The predicted octanol–water partition coefficient (Wildman–Crippen LogP) is 10.2. The number of hydrogen-bond acceptors (Lipinski definition) is 0. The average Bonchev–Trinajstić information content (AvgIpc) is 3.26. The molecule has 0 atom stereocenters. The Balaban J connectivity index is 1.46. The van der Waals surface area contributed by atoms with Crippen LogP contribution in [0.15, 0.2) is 103 Å². The summed E-state index contributed by atoms with van der Waals surface area (Å²) in [7, 11) is 0. The highest BCUT2D eigenvalue weighted by Gasteiger charge is 2.34. The number of aromatic nitrogens is 1. The van der Waals surface area contributed by atoms with E-state index in [1.165, 1.54) is 72.0 Å². The summed E-state index contributed by atoms with van der Waals surface area (Å²) in [5, 5.41) is 2.66. The van der Waals surface area contributed by atoms with Gasteiger partial charge in [0.05, 0.1) is 16.7 Å². The fourth-order valence-electron chi connectivity index (χ4n) is 6.69. The van der Waals surface area contributed by atoms with Gasteiger partial charge in [-0.25, -0.2) is 0 Å². The van der Waals surface area contributed by atoms with Crippen molar-refractivity contribution in [1.82, 2.24) is 4.57 Å². The molecule has 0 saturated heterocycles. The van der Waals surface area contributed by atoms with Crippen LogP contribution in [-0.4, -0.2) is 4.57 Å². The molecule has 1 aliphatic rings. The molecule has 0 unspecified atom stereocenters. The predicted molar refractivity (Wildman–Crippen MR) is 163 cm³/mol. The molecule has 0 N–H and O–H groups in total. The van der Waals surface area contributed by atoms with Crippen LogP contribution in [0.2, 0.25) is 0 Å². The molecule has 186 valence electrons. The first-order valence-electron chi connectivity index (χ1n) is 13.7. The smallest absolute Gasteiger partial charge is 0.0582 e. The summed E-state index contributed by atoms with van der Waals surface area (Å²) < 4.78 is 2.49. The minimum atomic E-state index is -0.0408. The number of nitrogens with zero attached hydrogens (tertiary/aromatic N) is 1. The Morgan fingerprint density at radius 1 is 0.632 bits per heavy atom. The van der Waals surface area contributed by atoms with Crippen LogP contribution >= 0.6 is 0 Å². The third-order valence-electron chi connectivity index (χ3n) is 8.72. The highest BCUT2D eigenvalue weighted by atomic mass is 15.0. The largest absolute Gasteiger partial charge is 0.309 e. The van der Waals surface area contributed by atoms with Gasteiger partial charge in [-0.05, 0) is 75.5 Å². The lowest BCUT2D eigenvalue weighted by molar-refractivity contribution is 0.630. The van der Waals surface area contributed by atoms with Crippen molar-refractivity contribution < 1.29 is 0 Å². The van der Waals surface area contributed by atoms with Crippen LogP contribution in [0, 0.1) is 6.92 Å². The van der Waals surface area contributed by atoms with E-state index in [-0.39, 0.29) is 5.41 Å². The van der Waals surface area contributed by atoms with Crippen LogP contribution in [0.4, 0.5) is 0 Å². The maximum Gasteiger partial charge on any atom is 0.0582 e. The number of hydrogen-bond donors (Lipinski definition) is 0. The van der Waals surface area contributed by atoms with Gasteiger partial charge in [0.15, 0.2) is 0 Å². The lowest BCUT2D eigenvalue weighted by atomic mass is 9.75. The minimum absolute atomic E-state index is 0.0408. The topological polar surface area (TPSA) is 4.93 Å². The molecular weight excluding hydrogens is 458 g/mol. The van der Waals surface area contributed by atoms with Crippen molar-refractivity contribution in [3.8, 4) is 27.9 Å². The Labute approximate surface area is 225 Å². The number of rotatable bonds is 3. The van der Waals surface area contributed by atoms with Crippen molar-refractivity contribution in [3.63, 3.8) is 0 Å². The van der Waals surface area contributed by atoms with Gasteiger partial charge >= 0.3 is 0 Å². The van der Waals surface area contributed by atoms with E-state index in [4.69, 9.17) is 0 Å². The second-order valence-corrected chi connectivity index (χ2v) is 11.7. The summed E-state index contributed by atoms with van der Waals surface area (Å²) in [5.74, 6) is 0.436. The molecule has 0 aliphatic carbocycles. The highest BCUT2D eigenvalue weighted by molar-refractivity contribution is 6.12. The lowest BCUT2D eigenvalue weighted by Crippen LogP contribution is -2.26. The summed E-state index contributed by atoms with van der Waals surface area (Å²) in [6.07, 6.45) is 0. The van der Waals surface area contributed by atoms with Crippen molar-refractivity contribution in [2.45, 2.75) is 46.0 Å². The summed E-state index contributed by atoms with van der Waals surface area (Å²) in [4.78, 5) is 0. The molecule has 0 spiro atoms. The van der Waals surface area contributed by atoms with Gasteiger partial charge in [0.25, 0.3) is 0 Å². The molecule has 0 fully saturated rings. The van der Waals surface area contributed by atoms with Crippen LogP contribution in [0.3, 0.4) is 0 Å². The van der Waals surface area contributed by atoms with E-state index in [0.29, 0.717) is 5.92 Å². The van der Waals surface area contributed by atoms with Crippen molar-refractivity contribution >= 4 is 21.8 Å². The normalized spacial score (nSPS) is 13.8. The maximum absolute atomic E-state index is 2.49. The van der Waals surface area contributed by atoms with E-state index in [1.54, 1.807) is 0 Å². The lowest BCUT2D eigenvalue weighted by Gasteiger charge is -2.34. The third kappa shape index (κ3) is 3.18. The van der Waals surface area contributed by atoms with Gasteiger partial charge in [-0.15, -0.1) is 0 Å². The van der Waals surface area contributed by atoms with Crippen LogP contribution in [0.1, 0.15) is 55.9 Å². The van der Waals surface area contributed by atoms with Gasteiger partial charge in [-0.3, -0.25) is 0 Å². The van der Waals surface area contributed by atoms with Gasteiger partial charge in [-0.2, -0.15) is 0 Å². The number of para-hydroxylation sites is 2. The van der Waals surface area contributed by atoms with E-state index in [0.717, 1.165) is 0 Å².